The standard InChI is InChI=1S/C16H18N2O3/c19-13-6-8-18(14(9-13)16(20)21)10-12-4-1-3-11-5-2-7-17-15(11)12/h1-5,7,13-14,19H,6,8-10H2,(H,20,21)/t13-,14+/m0/s1. The highest BCUT2D eigenvalue weighted by atomic mass is 16.4. The molecule has 1 saturated heterocycles. The molecule has 3 rings (SSSR count). The largest absolute Gasteiger partial charge is 0.480 e. The van der Waals surface area contributed by atoms with Crippen LogP contribution in [-0.4, -0.2) is 44.8 Å². The summed E-state index contributed by atoms with van der Waals surface area (Å²) in [5.41, 5.74) is 1.94. The van der Waals surface area contributed by atoms with E-state index < -0.39 is 18.1 Å². The first-order chi connectivity index (χ1) is 10.1. The Morgan fingerprint density at radius 3 is 2.95 bits per heavy atom. The third kappa shape index (κ3) is 2.89. The minimum atomic E-state index is -0.873. The molecule has 2 heterocycles. The van der Waals surface area contributed by atoms with E-state index in [0.29, 0.717) is 19.5 Å². The first kappa shape index (κ1) is 14.0. The van der Waals surface area contributed by atoms with Crippen molar-refractivity contribution in [2.75, 3.05) is 6.54 Å². The second-order valence-corrected chi connectivity index (χ2v) is 5.49. The predicted octanol–water partition coefficient (Wildman–Crippen LogP) is 1.64. The summed E-state index contributed by atoms with van der Waals surface area (Å²) in [6.45, 7) is 1.12. The second-order valence-electron chi connectivity index (χ2n) is 5.49. The minimum absolute atomic E-state index is 0.285. The van der Waals surface area contributed by atoms with Crippen LogP contribution in [0.15, 0.2) is 36.5 Å². The molecule has 5 heteroatoms. The Morgan fingerprint density at radius 2 is 2.14 bits per heavy atom. The lowest BCUT2D eigenvalue weighted by Crippen LogP contribution is -2.48. The molecule has 21 heavy (non-hydrogen) atoms. The maximum Gasteiger partial charge on any atom is 0.321 e. The normalized spacial score (nSPS) is 23.3. The number of likely N-dealkylation sites (tertiary alicyclic amines) is 1. The first-order valence-electron chi connectivity index (χ1n) is 7.12. The summed E-state index contributed by atoms with van der Waals surface area (Å²) in [6, 6.07) is 9.21. The van der Waals surface area contributed by atoms with E-state index in [1.54, 1.807) is 6.20 Å². The van der Waals surface area contributed by atoms with Crippen molar-refractivity contribution in [2.24, 2.45) is 0 Å². The molecule has 5 nitrogen and oxygen atoms in total. The summed E-state index contributed by atoms with van der Waals surface area (Å²) >= 11 is 0. The molecule has 2 atom stereocenters. The van der Waals surface area contributed by atoms with Crippen LogP contribution in [0.1, 0.15) is 18.4 Å². The van der Waals surface area contributed by atoms with Gasteiger partial charge >= 0.3 is 5.97 Å². The number of nitrogens with zero attached hydrogens (tertiary/aromatic N) is 2. The molecule has 2 N–H and O–H groups in total. The lowest BCUT2D eigenvalue weighted by atomic mass is 9.98. The zero-order chi connectivity index (χ0) is 14.8. The number of aliphatic hydroxyl groups is 1. The van der Waals surface area contributed by atoms with Gasteiger partial charge in [0.2, 0.25) is 0 Å². The van der Waals surface area contributed by atoms with Gasteiger partial charge in [-0.15, -0.1) is 0 Å². The van der Waals surface area contributed by atoms with Gasteiger partial charge in [0, 0.05) is 24.7 Å². The third-order valence-electron chi connectivity index (χ3n) is 4.06. The number of carboxylic acid groups (broad SMARTS) is 1. The summed E-state index contributed by atoms with van der Waals surface area (Å²) in [6.07, 6.45) is 2.13. The van der Waals surface area contributed by atoms with E-state index in [4.69, 9.17) is 0 Å². The predicted molar refractivity (Wildman–Crippen MR) is 78.8 cm³/mol. The molecule has 1 aliphatic heterocycles. The van der Waals surface area contributed by atoms with Crippen molar-refractivity contribution in [1.82, 2.24) is 9.88 Å². The maximum atomic E-state index is 11.4. The lowest BCUT2D eigenvalue weighted by molar-refractivity contribution is -0.146. The molecule has 0 aliphatic carbocycles. The maximum absolute atomic E-state index is 11.4. The number of pyridine rings is 1. The summed E-state index contributed by atoms with van der Waals surface area (Å²) in [4.78, 5) is 17.7. The Morgan fingerprint density at radius 1 is 1.33 bits per heavy atom. The van der Waals surface area contributed by atoms with Gasteiger partial charge in [0.25, 0.3) is 0 Å². The molecule has 0 bridgehead atoms. The number of aliphatic carboxylic acids is 1. The summed E-state index contributed by atoms with van der Waals surface area (Å²) in [5.74, 6) is -0.873. The quantitative estimate of drug-likeness (QED) is 0.897. The minimum Gasteiger partial charge on any atom is -0.480 e. The number of hydrogen-bond donors (Lipinski definition) is 2. The van der Waals surface area contributed by atoms with Crippen molar-refractivity contribution in [3.63, 3.8) is 0 Å². The average Bonchev–Trinajstić information content (AvgIpc) is 2.49. The molecule has 0 radical (unpaired) electrons. The summed E-state index contributed by atoms with van der Waals surface area (Å²) < 4.78 is 0. The van der Waals surface area contributed by atoms with Crippen molar-refractivity contribution in [1.29, 1.82) is 0 Å². The zero-order valence-corrected chi connectivity index (χ0v) is 11.6. The monoisotopic (exact) mass is 286 g/mol. The van der Waals surface area contributed by atoms with Crippen LogP contribution in [0.3, 0.4) is 0 Å². The Kier molecular flexibility index (Phi) is 3.86. The molecule has 110 valence electrons. The number of piperidine rings is 1. The molecule has 2 aromatic rings. The molecule has 0 unspecified atom stereocenters. The van der Waals surface area contributed by atoms with Crippen molar-refractivity contribution < 1.29 is 15.0 Å². The van der Waals surface area contributed by atoms with Crippen molar-refractivity contribution in [2.45, 2.75) is 31.5 Å². The number of benzene rings is 1. The highest BCUT2D eigenvalue weighted by Crippen LogP contribution is 2.23. The van der Waals surface area contributed by atoms with Crippen LogP contribution in [-0.2, 0) is 11.3 Å². The van der Waals surface area contributed by atoms with E-state index in [1.165, 1.54) is 0 Å². The van der Waals surface area contributed by atoms with Crippen LogP contribution in [0.4, 0.5) is 0 Å². The molecule has 0 saturated carbocycles. The molecular weight excluding hydrogens is 268 g/mol. The highest BCUT2D eigenvalue weighted by molar-refractivity contribution is 5.81. The fourth-order valence-corrected chi connectivity index (χ4v) is 2.96. The van der Waals surface area contributed by atoms with Crippen molar-refractivity contribution in [3.8, 4) is 0 Å². The van der Waals surface area contributed by atoms with Crippen molar-refractivity contribution in [3.05, 3.63) is 42.1 Å². The van der Waals surface area contributed by atoms with Crippen LogP contribution in [0.5, 0.6) is 0 Å². The van der Waals surface area contributed by atoms with Crippen molar-refractivity contribution >= 4 is 16.9 Å². The SMILES string of the molecule is O=C(O)[C@H]1C[C@@H](O)CCN1Cc1cccc2cccnc12. The Balaban J connectivity index is 1.88. The first-order valence-corrected chi connectivity index (χ1v) is 7.12. The fraction of sp³-hybridized carbons (Fsp3) is 0.375. The number of carboxylic acids is 1. The number of carbonyl (C=O) groups is 1. The molecule has 0 amide bonds. The molecular formula is C16H18N2O3. The average molecular weight is 286 g/mol. The Labute approximate surface area is 122 Å². The number of fused-ring (bicyclic) bond motifs is 1. The van der Waals surface area contributed by atoms with Crippen LogP contribution in [0, 0.1) is 0 Å². The number of aromatic nitrogens is 1. The van der Waals surface area contributed by atoms with E-state index in [-0.39, 0.29) is 6.42 Å². The van der Waals surface area contributed by atoms with Gasteiger partial charge in [-0.3, -0.25) is 14.7 Å². The number of para-hydroxylation sites is 1. The van der Waals surface area contributed by atoms with E-state index in [2.05, 4.69) is 4.98 Å². The fourth-order valence-electron chi connectivity index (χ4n) is 2.96. The smallest absolute Gasteiger partial charge is 0.321 e. The van der Waals surface area contributed by atoms with Crippen LogP contribution < -0.4 is 0 Å². The Bertz CT molecular complexity index is 654. The Hall–Kier alpha value is -1.98. The van der Waals surface area contributed by atoms with E-state index in [0.717, 1.165) is 16.5 Å². The van der Waals surface area contributed by atoms with Gasteiger partial charge in [0.15, 0.2) is 0 Å². The third-order valence-corrected chi connectivity index (χ3v) is 4.06. The van der Waals surface area contributed by atoms with Gasteiger partial charge < -0.3 is 10.2 Å². The van der Waals surface area contributed by atoms with Gasteiger partial charge in [0.05, 0.1) is 11.6 Å². The van der Waals surface area contributed by atoms with Gasteiger partial charge in [0.1, 0.15) is 6.04 Å². The van der Waals surface area contributed by atoms with Gasteiger partial charge in [-0.1, -0.05) is 24.3 Å². The number of hydrogen-bond acceptors (Lipinski definition) is 4. The van der Waals surface area contributed by atoms with E-state index >= 15 is 0 Å². The zero-order valence-electron chi connectivity index (χ0n) is 11.6. The van der Waals surface area contributed by atoms with Gasteiger partial charge in [-0.2, -0.15) is 0 Å². The molecule has 1 fully saturated rings. The number of rotatable bonds is 3. The molecule has 1 aliphatic rings. The summed E-state index contributed by atoms with van der Waals surface area (Å²) in [5, 5.41) is 20.1. The second kappa shape index (κ2) is 5.79. The highest BCUT2D eigenvalue weighted by Gasteiger charge is 2.32. The molecule has 0 spiro atoms. The van der Waals surface area contributed by atoms with Crippen LogP contribution in [0.2, 0.25) is 0 Å². The van der Waals surface area contributed by atoms with Gasteiger partial charge in [-0.25, -0.2) is 0 Å². The van der Waals surface area contributed by atoms with E-state index in [1.807, 2.05) is 35.2 Å². The van der Waals surface area contributed by atoms with Gasteiger partial charge in [-0.05, 0) is 24.5 Å². The topological polar surface area (TPSA) is 73.7 Å². The van der Waals surface area contributed by atoms with Crippen LogP contribution in [0.25, 0.3) is 10.9 Å². The number of aliphatic hydroxyl groups excluding tert-OH is 1. The van der Waals surface area contributed by atoms with E-state index in [9.17, 15) is 15.0 Å². The summed E-state index contributed by atoms with van der Waals surface area (Å²) in [7, 11) is 0. The lowest BCUT2D eigenvalue weighted by Gasteiger charge is -2.35. The van der Waals surface area contributed by atoms with Crippen LogP contribution >= 0.6 is 0 Å². The molecule has 1 aromatic heterocycles. The molecule has 1 aromatic carbocycles.